The number of carbonyl (C=O) groups is 1. The zero-order valence-electron chi connectivity index (χ0n) is 15.4. The van der Waals surface area contributed by atoms with E-state index in [2.05, 4.69) is 39.2 Å². The van der Waals surface area contributed by atoms with Crippen molar-refractivity contribution < 1.29 is 14.0 Å². The van der Waals surface area contributed by atoms with Crippen LogP contribution in [0.25, 0.3) is 0 Å². The average Bonchev–Trinajstić information content (AvgIpc) is 2.93. The number of hydrogen-bond donors (Lipinski definition) is 1. The van der Waals surface area contributed by atoms with Crippen LogP contribution in [0.15, 0.2) is 0 Å². The Bertz CT molecular complexity index is 436. The minimum absolute atomic E-state index is 0.104. The van der Waals surface area contributed by atoms with Crippen LogP contribution in [0.4, 0.5) is 4.79 Å². The lowest BCUT2D eigenvalue weighted by atomic mass is 10.1. The van der Waals surface area contributed by atoms with Gasteiger partial charge in [0.2, 0.25) is 0 Å². The lowest BCUT2D eigenvalue weighted by Crippen LogP contribution is -2.51. The van der Waals surface area contributed by atoms with E-state index in [-0.39, 0.29) is 23.3 Å². The van der Waals surface area contributed by atoms with Gasteiger partial charge in [-0.3, -0.25) is 0 Å². The summed E-state index contributed by atoms with van der Waals surface area (Å²) in [6.07, 6.45) is 2.13. The van der Waals surface area contributed by atoms with Gasteiger partial charge in [0.15, 0.2) is 8.32 Å². The molecule has 128 valence electrons. The molecule has 5 heteroatoms. The number of carbonyl (C=O) groups excluding carboxylic acids is 1. The molecule has 0 saturated heterocycles. The predicted octanol–water partition coefficient (Wildman–Crippen LogP) is 4.31. The molecular weight excluding hydrogens is 294 g/mol. The number of amides is 1. The Morgan fingerprint density at radius 1 is 1.09 bits per heavy atom. The molecule has 1 N–H and O–H groups in total. The van der Waals surface area contributed by atoms with Gasteiger partial charge in [0.05, 0.1) is 12.1 Å². The summed E-state index contributed by atoms with van der Waals surface area (Å²) < 4.78 is 12.0. The van der Waals surface area contributed by atoms with Gasteiger partial charge in [-0.15, -0.1) is 0 Å². The number of ether oxygens (including phenoxy) is 1. The van der Waals surface area contributed by atoms with Gasteiger partial charge in [0.25, 0.3) is 0 Å². The van der Waals surface area contributed by atoms with Crippen LogP contribution in [-0.4, -0.2) is 32.2 Å². The van der Waals surface area contributed by atoms with E-state index in [1.54, 1.807) is 0 Å². The van der Waals surface area contributed by atoms with Crippen LogP contribution in [0.2, 0.25) is 18.1 Å². The highest BCUT2D eigenvalue weighted by Gasteiger charge is 2.57. The topological polar surface area (TPSA) is 47.6 Å². The Balaban J connectivity index is 1.99. The van der Waals surface area contributed by atoms with Gasteiger partial charge in [-0.25, -0.2) is 4.79 Å². The minimum Gasteiger partial charge on any atom is -0.444 e. The highest BCUT2D eigenvalue weighted by Crippen LogP contribution is 2.54. The van der Waals surface area contributed by atoms with Crippen LogP contribution in [0.1, 0.15) is 54.4 Å². The molecule has 0 bridgehead atoms. The Hall–Kier alpha value is -0.553. The van der Waals surface area contributed by atoms with Gasteiger partial charge in [-0.1, -0.05) is 20.8 Å². The molecule has 0 aromatic heterocycles. The van der Waals surface area contributed by atoms with Gasteiger partial charge in [0, 0.05) is 0 Å². The van der Waals surface area contributed by atoms with E-state index in [4.69, 9.17) is 9.16 Å². The van der Waals surface area contributed by atoms with E-state index >= 15 is 0 Å². The fraction of sp³-hybridized carbons (Fsp3) is 0.941. The third-order valence-corrected chi connectivity index (χ3v) is 9.77. The Labute approximate surface area is 136 Å². The second-order valence-electron chi connectivity index (χ2n) is 9.49. The van der Waals surface area contributed by atoms with Gasteiger partial charge in [-0.2, -0.15) is 0 Å². The van der Waals surface area contributed by atoms with Gasteiger partial charge < -0.3 is 14.5 Å². The molecule has 2 aliphatic rings. The van der Waals surface area contributed by atoms with E-state index < -0.39 is 13.9 Å². The van der Waals surface area contributed by atoms with Crippen molar-refractivity contribution in [2.45, 2.75) is 90.3 Å². The maximum absolute atomic E-state index is 12.1. The molecule has 2 rings (SSSR count). The standard InChI is InChI=1S/C17H33NO3Si/c1-16(2,3)20-15(19)18-13-10-11-9-12(11)14(13)21-22(7,8)17(4,5)6/h11-14H,9-10H2,1-8H3,(H,18,19)/t11-,12-,13?,14-/m1/s1. The summed E-state index contributed by atoms with van der Waals surface area (Å²) in [5.74, 6) is 1.36. The monoisotopic (exact) mass is 327 g/mol. The quantitative estimate of drug-likeness (QED) is 0.786. The molecule has 0 heterocycles. The Morgan fingerprint density at radius 2 is 1.68 bits per heavy atom. The number of rotatable bonds is 3. The third-order valence-electron chi connectivity index (χ3n) is 5.29. The third kappa shape index (κ3) is 4.05. The molecule has 0 aliphatic heterocycles. The van der Waals surface area contributed by atoms with Crippen molar-refractivity contribution in [3.63, 3.8) is 0 Å². The fourth-order valence-corrected chi connectivity index (χ4v) is 4.36. The molecule has 2 saturated carbocycles. The zero-order valence-corrected chi connectivity index (χ0v) is 16.4. The number of alkyl carbamates (subject to hydrolysis) is 1. The molecule has 0 aromatic rings. The molecule has 0 aromatic carbocycles. The number of fused-ring (bicyclic) bond motifs is 1. The Morgan fingerprint density at radius 3 is 2.18 bits per heavy atom. The molecule has 0 radical (unpaired) electrons. The molecule has 0 spiro atoms. The average molecular weight is 328 g/mol. The molecular formula is C17H33NO3Si. The normalized spacial score (nSPS) is 31.6. The highest BCUT2D eigenvalue weighted by atomic mass is 28.4. The first-order chi connectivity index (χ1) is 9.80. The van der Waals surface area contributed by atoms with Crippen LogP contribution in [0.5, 0.6) is 0 Å². The lowest BCUT2D eigenvalue weighted by molar-refractivity contribution is 0.0438. The van der Waals surface area contributed by atoms with Crippen molar-refractivity contribution in [2.75, 3.05) is 0 Å². The minimum atomic E-state index is -1.82. The van der Waals surface area contributed by atoms with Gasteiger partial charge >= 0.3 is 6.09 Å². The molecule has 22 heavy (non-hydrogen) atoms. The molecule has 4 atom stereocenters. The van der Waals surface area contributed by atoms with Crippen molar-refractivity contribution in [1.29, 1.82) is 0 Å². The van der Waals surface area contributed by atoms with Crippen molar-refractivity contribution in [2.24, 2.45) is 11.8 Å². The highest BCUT2D eigenvalue weighted by molar-refractivity contribution is 6.74. The summed E-state index contributed by atoms with van der Waals surface area (Å²) in [6, 6.07) is 0.104. The van der Waals surface area contributed by atoms with Crippen LogP contribution in [-0.2, 0) is 9.16 Å². The van der Waals surface area contributed by atoms with Crippen LogP contribution in [0.3, 0.4) is 0 Å². The largest absolute Gasteiger partial charge is 0.444 e. The molecule has 1 unspecified atom stereocenters. The molecule has 2 fully saturated rings. The molecule has 1 amide bonds. The first-order valence-electron chi connectivity index (χ1n) is 8.47. The van der Waals surface area contributed by atoms with E-state index in [1.807, 2.05) is 20.8 Å². The van der Waals surface area contributed by atoms with Crippen molar-refractivity contribution >= 4 is 14.4 Å². The van der Waals surface area contributed by atoms with E-state index in [0.29, 0.717) is 5.92 Å². The first-order valence-corrected chi connectivity index (χ1v) is 11.4. The number of hydrogen-bond acceptors (Lipinski definition) is 3. The zero-order chi connectivity index (χ0) is 16.9. The van der Waals surface area contributed by atoms with E-state index in [9.17, 15) is 4.79 Å². The van der Waals surface area contributed by atoms with Crippen molar-refractivity contribution in [3.8, 4) is 0 Å². The fourth-order valence-electron chi connectivity index (χ4n) is 2.99. The van der Waals surface area contributed by atoms with Crippen LogP contribution in [0, 0.1) is 11.8 Å². The van der Waals surface area contributed by atoms with Crippen LogP contribution < -0.4 is 5.32 Å². The van der Waals surface area contributed by atoms with Gasteiger partial charge in [0.1, 0.15) is 5.60 Å². The Kier molecular flexibility index (Phi) is 4.46. The van der Waals surface area contributed by atoms with E-state index in [1.165, 1.54) is 6.42 Å². The number of nitrogens with one attached hydrogen (secondary N) is 1. The maximum atomic E-state index is 12.1. The second-order valence-corrected chi connectivity index (χ2v) is 14.2. The summed E-state index contributed by atoms with van der Waals surface area (Å²) >= 11 is 0. The summed E-state index contributed by atoms with van der Waals surface area (Å²) in [6.45, 7) is 17.0. The van der Waals surface area contributed by atoms with Crippen molar-refractivity contribution in [3.05, 3.63) is 0 Å². The first kappa shape index (κ1) is 17.8. The van der Waals surface area contributed by atoms with E-state index in [0.717, 1.165) is 12.3 Å². The summed E-state index contributed by atoms with van der Waals surface area (Å²) in [4.78, 5) is 12.1. The van der Waals surface area contributed by atoms with Crippen LogP contribution >= 0.6 is 0 Å². The maximum Gasteiger partial charge on any atom is 0.407 e. The predicted molar refractivity (Wildman–Crippen MR) is 91.4 cm³/mol. The SMILES string of the molecule is CC(C)(C)OC(=O)NC1C[C@H]2C[C@H]2[C@H]1O[Si](C)(C)C(C)(C)C. The molecule has 4 nitrogen and oxygen atoms in total. The van der Waals surface area contributed by atoms with Crippen molar-refractivity contribution in [1.82, 2.24) is 5.32 Å². The summed E-state index contributed by atoms with van der Waals surface area (Å²) in [7, 11) is -1.82. The summed E-state index contributed by atoms with van der Waals surface area (Å²) in [5.41, 5.74) is -0.457. The summed E-state index contributed by atoms with van der Waals surface area (Å²) in [5, 5.41) is 3.25. The van der Waals surface area contributed by atoms with Gasteiger partial charge in [-0.05, 0) is 63.6 Å². The molecule has 2 aliphatic carbocycles. The second kappa shape index (κ2) is 5.51. The smallest absolute Gasteiger partial charge is 0.407 e. The lowest BCUT2D eigenvalue weighted by Gasteiger charge is -2.40.